The number of anilines is 2. The zero-order valence-corrected chi connectivity index (χ0v) is 7.51. The van der Waals surface area contributed by atoms with Crippen LogP contribution in [-0.4, -0.2) is 11.3 Å². The van der Waals surface area contributed by atoms with Crippen LogP contribution in [0.3, 0.4) is 0 Å². The summed E-state index contributed by atoms with van der Waals surface area (Å²) in [5.41, 5.74) is 15.3. The van der Waals surface area contributed by atoms with Crippen LogP contribution >= 0.6 is 0 Å². The second-order valence-corrected chi connectivity index (χ2v) is 2.65. The Kier molecular flexibility index (Phi) is 2.89. The van der Waals surface area contributed by atoms with Crippen LogP contribution in [0.1, 0.15) is 5.69 Å². The lowest BCUT2D eigenvalue weighted by Crippen LogP contribution is -2.20. The maximum absolute atomic E-state index is 12.0. The molecule has 0 saturated heterocycles. The molecule has 0 aliphatic rings. The lowest BCUT2D eigenvalue weighted by Gasteiger charge is -2.14. The molecule has 0 aliphatic heterocycles. The van der Waals surface area contributed by atoms with Gasteiger partial charge in [0.2, 0.25) is 0 Å². The van der Waals surface area contributed by atoms with E-state index in [1.165, 1.54) is 0 Å². The number of nitrogens with two attached hydrogens (primary N) is 3. The van der Waals surface area contributed by atoms with E-state index in [-0.39, 0.29) is 23.6 Å². The molecule has 1 aromatic heterocycles. The third-order valence-corrected chi connectivity index (χ3v) is 1.59. The Morgan fingerprint density at radius 1 is 1.33 bits per heavy atom. The van der Waals surface area contributed by atoms with Gasteiger partial charge < -0.3 is 21.9 Å². The number of pyridine rings is 1. The molecule has 0 amide bonds. The van der Waals surface area contributed by atoms with Gasteiger partial charge in [0, 0.05) is 6.54 Å². The Hall–Kier alpha value is -1.70. The first-order chi connectivity index (χ1) is 6.85. The number of nitrogens with zero attached hydrogens (tertiary/aromatic N) is 1. The fourth-order valence-corrected chi connectivity index (χ4v) is 0.937. The summed E-state index contributed by atoms with van der Waals surface area (Å²) in [5, 5.41) is 0. The second-order valence-electron chi connectivity index (χ2n) is 2.65. The molecule has 84 valence electrons. The van der Waals surface area contributed by atoms with Crippen molar-refractivity contribution in [1.29, 1.82) is 0 Å². The van der Waals surface area contributed by atoms with Gasteiger partial charge in [-0.05, 0) is 0 Å². The van der Waals surface area contributed by atoms with Crippen LogP contribution in [0.5, 0.6) is 5.75 Å². The molecule has 0 aliphatic carbocycles. The predicted octanol–water partition coefficient (Wildman–Crippen LogP) is 0.603. The highest BCUT2D eigenvalue weighted by Crippen LogP contribution is 2.33. The van der Waals surface area contributed by atoms with Gasteiger partial charge in [0.1, 0.15) is 5.69 Å². The number of nitrogen functional groups attached to an aromatic ring is 2. The molecular weight excluding hydrogens is 213 g/mol. The molecule has 0 radical (unpaired) electrons. The summed E-state index contributed by atoms with van der Waals surface area (Å²) in [6.07, 6.45) is -3.73. The topological polar surface area (TPSA) is 100 Å². The number of hydrogen-bond donors (Lipinski definition) is 3. The molecule has 0 atom stereocenters. The molecule has 0 spiro atoms. The molecule has 0 saturated carbocycles. The lowest BCUT2D eigenvalue weighted by molar-refractivity contribution is -0.274. The summed E-state index contributed by atoms with van der Waals surface area (Å²) >= 11 is 0. The van der Waals surface area contributed by atoms with E-state index in [9.17, 15) is 13.2 Å². The number of alkyl halides is 3. The van der Waals surface area contributed by atoms with E-state index >= 15 is 0 Å². The number of ether oxygens (including phenoxy) is 1. The van der Waals surface area contributed by atoms with Gasteiger partial charge in [-0.25, -0.2) is 0 Å². The Morgan fingerprint density at radius 2 is 1.93 bits per heavy atom. The average Bonchev–Trinajstić information content (AvgIpc) is 2.11. The molecule has 0 unspecified atom stereocenters. The van der Waals surface area contributed by atoms with Crippen LogP contribution in [0.4, 0.5) is 24.5 Å². The molecule has 1 rings (SSSR count). The van der Waals surface area contributed by atoms with Gasteiger partial charge in [-0.15, -0.1) is 13.2 Å². The number of hydrogen-bond acceptors (Lipinski definition) is 5. The molecule has 1 aromatic rings. The van der Waals surface area contributed by atoms with Crippen LogP contribution in [0.2, 0.25) is 0 Å². The quantitative estimate of drug-likeness (QED) is 0.680. The zero-order valence-electron chi connectivity index (χ0n) is 7.51. The third-order valence-electron chi connectivity index (χ3n) is 1.59. The van der Waals surface area contributed by atoms with Crippen molar-refractivity contribution in [1.82, 2.24) is 4.98 Å². The predicted molar refractivity (Wildman–Crippen MR) is 47.6 cm³/mol. The molecule has 6 N–H and O–H groups in total. The molecule has 0 bridgehead atoms. The molecule has 8 heteroatoms. The Balaban J connectivity index is 3.18. The maximum Gasteiger partial charge on any atom is 0.573 e. The molecule has 0 fully saturated rings. The van der Waals surface area contributed by atoms with Gasteiger partial charge in [0.25, 0.3) is 0 Å². The van der Waals surface area contributed by atoms with Crippen LogP contribution in [0.15, 0.2) is 6.20 Å². The van der Waals surface area contributed by atoms with Crippen LogP contribution in [0.25, 0.3) is 0 Å². The van der Waals surface area contributed by atoms with Crippen molar-refractivity contribution in [3.05, 3.63) is 11.9 Å². The van der Waals surface area contributed by atoms with Crippen molar-refractivity contribution >= 4 is 11.4 Å². The molecule has 0 aromatic carbocycles. The molecule has 5 nitrogen and oxygen atoms in total. The number of rotatable bonds is 2. The van der Waals surface area contributed by atoms with Gasteiger partial charge >= 0.3 is 6.36 Å². The van der Waals surface area contributed by atoms with Crippen LogP contribution in [0, 0.1) is 0 Å². The first-order valence-electron chi connectivity index (χ1n) is 3.83. The van der Waals surface area contributed by atoms with E-state index in [0.29, 0.717) is 0 Å². The number of aromatic nitrogens is 1. The summed E-state index contributed by atoms with van der Waals surface area (Å²) in [7, 11) is 0. The van der Waals surface area contributed by atoms with E-state index < -0.39 is 12.1 Å². The van der Waals surface area contributed by atoms with E-state index in [0.717, 1.165) is 6.20 Å². The van der Waals surface area contributed by atoms with Crippen molar-refractivity contribution in [2.45, 2.75) is 12.9 Å². The van der Waals surface area contributed by atoms with Gasteiger partial charge in [0.05, 0.1) is 17.6 Å². The first kappa shape index (κ1) is 11.4. The summed E-state index contributed by atoms with van der Waals surface area (Å²) in [6.45, 7) is -0.226. The molecule has 1 heterocycles. The Labute approximate surface area is 83.0 Å². The van der Waals surface area contributed by atoms with Gasteiger partial charge in [-0.2, -0.15) is 0 Å². The standard InChI is InChI=1S/C7H9F3N4O/c8-7(9,10)15-6-4(1-11)14-2-3(12)5(6)13/h2H,1,11-12H2,(H2,13,14). The minimum Gasteiger partial charge on any atom is -0.401 e. The summed E-state index contributed by atoms with van der Waals surface area (Å²) in [5.74, 6) is -0.634. The first-order valence-corrected chi connectivity index (χ1v) is 3.83. The third kappa shape index (κ3) is 2.62. The minimum atomic E-state index is -4.85. The molecular formula is C7H9F3N4O. The van der Waals surface area contributed by atoms with E-state index in [2.05, 4.69) is 9.72 Å². The highest BCUT2D eigenvalue weighted by atomic mass is 19.4. The van der Waals surface area contributed by atoms with Crippen LogP contribution in [-0.2, 0) is 6.54 Å². The van der Waals surface area contributed by atoms with Gasteiger partial charge in [-0.1, -0.05) is 0 Å². The zero-order chi connectivity index (χ0) is 11.6. The van der Waals surface area contributed by atoms with Crippen molar-refractivity contribution in [2.24, 2.45) is 5.73 Å². The van der Waals surface area contributed by atoms with Gasteiger partial charge in [0.15, 0.2) is 5.75 Å². The summed E-state index contributed by atoms with van der Waals surface area (Å²) in [4.78, 5) is 3.59. The van der Waals surface area contributed by atoms with E-state index in [1.54, 1.807) is 0 Å². The SMILES string of the molecule is NCc1ncc(N)c(N)c1OC(F)(F)F. The van der Waals surface area contributed by atoms with Crippen molar-refractivity contribution in [3.8, 4) is 5.75 Å². The highest BCUT2D eigenvalue weighted by Gasteiger charge is 2.33. The van der Waals surface area contributed by atoms with Crippen molar-refractivity contribution < 1.29 is 17.9 Å². The average molecular weight is 222 g/mol. The van der Waals surface area contributed by atoms with E-state index in [1.807, 2.05) is 0 Å². The summed E-state index contributed by atoms with van der Waals surface area (Å²) in [6, 6.07) is 0. The monoisotopic (exact) mass is 222 g/mol. The number of halogens is 3. The Bertz CT molecular complexity index is 366. The van der Waals surface area contributed by atoms with Crippen molar-refractivity contribution in [3.63, 3.8) is 0 Å². The van der Waals surface area contributed by atoms with Crippen LogP contribution < -0.4 is 21.9 Å². The summed E-state index contributed by atoms with van der Waals surface area (Å²) < 4.78 is 39.6. The van der Waals surface area contributed by atoms with Crippen molar-refractivity contribution in [2.75, 3.05) is 11.5 Å². The Morgan fingerprint density at radius 3 is 2.40 bits per heavy atom. The minimum absolute atomic E-state index is 0.0912. The second kappa shape index (κ2) is 3.81. The fraction of sp³-hybridized carbons (Fsp3) is 0.286. The lowest BCUT2D eigenvalue weighted by atomic mass is 10.2. The smallest absolute Gasteiger partial charge is 0.401 e. The molecule has 15 heavy (non-hydrogen) atoms. The van der Waals surface area contributed by atoms with Gasteiger partial charge in [-0.3, -0.25) is 4.98 Å². The fourth-order valence-electron chi connectivity index (χ4n) is 0.937. The highest BCUT2D eigenvalue weighted by molar-refractivity contribution is 5.70. The maximum atomic E-state index is 12.0. The normalized spacial score (nSPS) is 11.5. The van der Waals surface area contributed by atoms with E-state index in [4.69, 9.17) is 17.2 Å². The largest absolute Gasteiger partial charge is 0.573 e.